The Morgan fingerprint density at radius 3 is 3.07 bits per heavy atom. The van der Waals surface area contributed by atoms with E-state index in [0.717, 1.165) is 30.6 Å². The molecule has 2 atom stereocenters. The van der Waals surface area contributed by atoms with Gasteiger partial charge in [-0.2, -0.15) is 0 Å². The van der Waals surface area contributed by atoms with Gasteiger partial charge >= 0.3 is 0 Å². The summed E-state index contributed by atoms with van der Waals surface area (Å²) in [6.45, 7) is 1.17. The number of nitrogens with two attached hydrogens (primary N) is 1. The van der Waals surface area contributed by atoms with E-state index in [1.807, 2.05) is 36.5 Å². The number of nitrogens with zero attached hydrogens (tertiary/aromatic N) is 4. The van der Waals surface area contributed by atoms with E-state index in [0.29, 0.717) is 24.2 Å². The number of imidazole rings is 1. The number of nitrogens with one attached hydrogen (secondary N) is 1. The first-order valence-corrected chi connectivity index (χ1v) is 10.5. The number of benzene rings is 1. The summed E-state index contributed by atoms with van der Waals surface area (Å²) >= 11 is 0. The summed E-state index contributed by atoms with van der Waals surface area (Å²) in [6, 6.07) is 10.1. The van der Waals surface area contributed by atoms with Crippen LogP contribution < -0.4 is 5.73 Å². The van der Waals surface area contributed by atoms with Gasteiger partial charge in [0.15, 0.2) is 0 Å². The molecule has 3 aromatic rings. The normalized spacial score (nSPS) is 20.8. The van der Waals surface area contributed by atoms with Crippen molar-refractivity contribution in [2.75, 3.05) is 13.6 Å². The Labute approximate surface area is 175 Å². The molecule has 0 radical (unpaired) electrons. The van der Waals surface area contributed by atoms with Gasteiger partial charge in [-0.15, -0.1) is 0 Å². The number of fused-ring (bicyclic) bond motifs is 2. The van der Waals surface area contributed by atoms with Crippen LogP contribution in [0.3, 0.4) is 0 Å². The second-order valence-corrected chi connectivity index (χ2v) is 8.22. The number of carbonyl (C=O) groups is 1. The zero-order valence-corrected chi connectivity index (χ0v) is 17.1. The maximum absolute atomic E-state index is 13.0. The number of aryl methyl sites for hydroxylation is 1. The van der Waals surface area contributed by atoms with Gasteiger partial charge in [-0.3, -0.25) is 14.7 Å². The van der Waals surface area contributed by atoms with Crippen LogP contribution in [0.25, 0.3) is 11.0 Å². The van der Waals surface area contributed by atoms with Crippen LogP contribution in [0.2, 0.25) is 0 Å². The molecule has 2 unspecified atom stereocenters. The van der Waals surface area contributed by atoms with Gasteiger partial charge in [-0.1, -0.05) is 12.1 Å². The third kappa shape index (κ3) is 3.40. The van der Waals surface area contributed by atoms with Crippen molar-refractivity contribution in [3.05, 3.63) is 71.4 Å². The maximum Gasteiger partial charge on any atom is 0.260 e. The summed E-state index contributed by atoms with van der Waals surface area (Å²) in [5.41, 5.74) is 10.6. The highest BCUT2D eigenvalue weighted by molar-refractivity contribution is 6.05. The summed E-state index contributed by atoms with van der Waals surface area (Å²) in [6.07, 6.45) is 8.84. The van der Waals surface area contributed by atoms with E-state index < -0.39 is 0 Å². The predicted molar refractivity (Wildman–Crippen MR) is 116 cm³/mol. The zero-order chi connectivity index (χ0) is 20.7. The monoisotopic (exact) mass is 402 g/mol. The Morgan fingerprint density at radius 2 is 2.23 bits per heavy atom. The van der Waals surface area contributed by atoms with Crippen LogP contribution in [0.4, 0.5) is 0 Å². The zero-order valence-electron chi connectivity index (χ0n) is 17.1. The fourth-order valence-electron chi connectivity index (χ4n) is 4.56. The fourth-order valence-corrected chi connectivity index (χ4v) is 4.56. The summed E-state index contributed by atoms with van der Waals surface area (Å²) in [5.74, 6) is 0.783. The minimum atomic E-state index is -0.108. The second kappa shape index (κ2) is 7.66. The minimum Gasteiger partial charge on any atom is -0.341 e. The molecule has 5 rings (SSSR count). The molecule has 3 N–H and O–H groups in total. The number of aromatic amines is 1. The molecule has 1 aliphatic heterocycles. The lowest BCUT2D eigenvalue weighted by Gasteiger charge is -2.31. The first-order chi connectivity index (χ1) is 14.6. The van der Waals surface area contributed by atoms with Crippen LogP contribution >= 0.6 is 0 Å². The molecule has 7 heteroatoms. The van der Waals surface area contributed by atoms with Crippen LogP contribution in [0.1, 0.15) is 46.3 Å². The molecule has 0 bridgehead atoms. The SMILES string of the molecule is CN(Cc1nc2c(C(=O)N3C=CC(N)C3)cccc2[nH]1)C1CCCc2cccnc21. The summed E-state index contributed by atoms with van der Waals surface area (Å²) in [4.78, 5) is 29.8. The van der Waals surface area contributed by atoms with Crippen molar-refractivity contribution >= 4 is 16.9 Å². The highest BCUT2D eigenvalue weighted by atomic mass is 16.2. The molecule has 1 aromatic carbocycles. The first kappa shape index (κ1) is 19.0. The molecule has 30 heavy (non-hydrogen) atoms. The third-order valence-corrected chi connectivity index (χ3v) is 6.07. The molecule has 1 aliphatic carbocycles. The van der Waals surface area contributed by atoms with Crippen LogP contribution in [0, 0.1) is 0 Å². The number of rotatable bonds is 4. The molecule has 0 spiro atoms. The van der Waals surface area contributed by atoms with Crippen molar-refractivity contribution in [1.29, 1.82) is 0 Å². The molecular formula is C23H26N6O. The topological polar surface area (TPSA) is 91.1 Å². The van der Waals surface area contributed by atoms with Gasteiger partial charge in [0.1, 0.15) is 11.3 Å². The predicted octanol–water partition coefficient (Wildman–Crippen LogP) is 2.76. The summed E-state index contributed by atoms with van der Waals surface area (Å²) in [7, 11) is 2.12. The molecule has 0 saturated heterocycles. The summed E-state index contributed by atoms with van der Waals surface area (Å²) < 4.78 is 0. The van der Waals surface area contributed by atoms with E-state index in [-0.39, 0.29) is 18.0 Å². The van der Waals surface area contributed by atoms with Crippen LogP contribution in [-0.2, 0) is 13.0 Å². The Hall–Kier alpha value is -3.03. The lowest BCUT2D eigenvalue weighted by molar-refractivity contribution is 0.0831. The molecule has 0 fully saturated rings. The van der Waals surface area contributed by atoms with Gasteiger partial charge < -0.3 is 15.6 Å². The number of carbonyl (C=O) groups excluding carboxylic acids is 1. The number of aromatic nitrogens is 3. The van der Waals surface area contributed by atoms with Crippen molar-refractivity contribution in [1.82, 2.24) is 24.8 Å². The minimum absolute atomic E-state index is 0.0680. The van der Waals surface area contributed by atoms with Gasteiger partial charge in [0.05, 0.1) is 29.4 Å². The first-order valence-electron chi connectivity index (χ1n) is 10.5. The van der Waals surface area contributed by atoms with Crippen LogP contribution in [0.15, 0.2) is 48.8 Å². The lowest BCUT2D eigenvalue weighted by atomic mass is 9.91. The van der Waals surface area contributed by atoms with Crippen molar-refractivity contribution in [2.24, 2.45) is 5.73 Å². The van der Waals surface area contributed by atoms with Crippen LogP contribution in [-0.4, -0.2) is 50.3 Å². The standard InChI is InChI=1S/C23H26N6O/c1-28(19-9-2-5-15-6-4-11-25-21(15)19)14-20-26-18-8-3-7-17(22(18)27-20)23(30)29-12-10-16(24)13-29/h3-4,6-8,10-12,16,19H,2,5,9,13-14,24H2,1H3,(H,26,27). The van der Waals surface area contributed by atoms with Crippen LogP contribution in [0.5, 0.6) is 0 Å². The quantitative estimate of drug-likeness (QED) is 0.700. The molecule has 3 heterocycles. The van der Waals surface area contributed by atoms with E-state index in [2.05, 4.69) is 28.0 Å². The molecule has 1 amide bonds. The van der Waals surface area contributed by atoms with Crippen molar-refractivity contribution in [3.63, 3.8) is 0 Å². The molecular weight excluding hydrogens is 376 g/mol. The highest BCUT2D eigenvalue weighted by Gasteiger charge is 2.26. The van der Waals surface area contributed by atoms with E-state index in [1.165, 1.54) is 11.3 Å². The van der Waals surface area contributed by atoms with Gasteiger partial charge in [0, 0.05) is 25.0 Å². The Morgan fingerprint density at radius 1 is 1.33 bits per heavy atom. The number of amides is 1. The van der Waals surface area contributed by atoms with E-state index in [4.69, 9.17) is 10.7 Å². The molecule has 2 aromatic heterocycles. The number of pyridine rings is 1. The second-order valence-electron chi connectivity index (χ2n) is 8.22. The van der Waals surface area contributed by atoms with Gasteiger partial charge in [0.25, 0.3) is 5.91 Å². The molecule has 2 aliphatic rings. The van der Waals surface area contributed by atoms with Crippen molar-refractivity contribution in [2.45, 2.75) is 37.9 Å². The number of H-pyrrole nitrogens is 1. The summed E-state index contributed by atoms with van der Waals surface area (Å²) in [5, 5.41) is 0. The highest BCUT2D eigenvalue weighted by Crippen LogP contribution is 2.32. The van der Waals surface area contributed by atoms with Crippen molar-refractivity contribution < 1.29 is 4.79 Å². The number of hydrogen-bond donors (Lipinski definition) is 2. The molecule has 7 nitrogen and oxygen atoms in total. The molecule has 154 valence electrons. The number of hydrogen-bond acceptors (Lipinski definition) is 5. The van der Waals surface area contributed by atoms with Gasteiger partial charge in [-0.25, -0.2) is 4.98 Å². The Kier molecular flexibility index (Phi) is 4.84. The Balaban J connectivity index is 1.40. The largest absolute Gasteiger partial charge is 0.341 e. The third-order valence-electron chi connectivity index (χ3n) is 6.07. The van der Waals surface area contributed by atoms with Gasteiger partial charge in [-0.05, 0) is 56.1 Å². The maximum atomic E-state index is 13.0. The molecule has 0 saturated carbocycles. The average molecular weight is 403 g/mol. The van der Waals surface area contributed by atoms with E-state index in [9.17, 15) is 4.79 Å². The Bertz CT molecular complexity index is 1120. The van der Waals surface area contributed by atoms with Gasteiger partial charge in [0.2, 0.25) is 0 Å². The fraction of sp³-hybridized carbons (Fsp3) is 0.348. The average Bonchev–Trinajstić information content (AvgIpc) is 3.38. The van der Waals surface area contributed by atoms with E-state index >= 15 is 0 Å². The number of para-hydroxylation sites is 1. The van der Waals surface area contributed by atoms with Crippen molar-refractivity contribution in [3.8, 4) is 0 Å². The van der Waals surface area contributed by atoms with E-state index in [1.54, 1.807) is 11.1 Å². The smallest absolute Gasteiger partial charge is 0.260 e. The lowest BCUT2D eigenvalue weighted by Crippen LogP contribution is -2.31.